The highest BCUT2D eigenvalue weighted by Gasteiger charge is 2.36. The molecule has 10 heteroatoms. The van der Waals surface area contributed by atoms with Crippen LogP contribution < -0.4 is 10.2 Å². The van der Waals surface area contributed by atoms with Crippen molar-refractivity contribution in [1.29, 1.82) is 5.26 Å². The van der Waals surface area contributed by atoms with Gasteiger partial charge in [0, 0.05) is 25.7 Å². The van der Waals surface area contributed by atoms with E-state index in [9.17, 15) is 18.0 Å². The number of aromatic nitrogens is 2. The molecule has 0 radical (unpaired) electrons. The lowest BCUT2D eigenvalue weighted by Gasteiger charge is -2.33. The van der Waals surface area contributed by atoms with Gasteiger partial charge in [-0.05, 0) is 37.0 Å². The van der Waals surface area contributed by atoms with E-state index in [0.717, 1.165) is 5.56 Å². The summed E-state index contributed by atoms with van der Waals surface area (Å²) in [5.74, 6) is -1.73. The largest absolute Gasteiger partial charge is 0.451 e. The Kier molecular flexibility index (Phi) is 6.77. The molecule has 30 heavy (non-hydrogen) atoms. The van der Waals surface area contributed by atoms with Gasteiger partial charge in [0.05, 0.1) is 17.6 Å². The number of carbonyl (C=O) groups excluding carboxylic acids is 1. The van der Waals surface area contributed by atoms with Crippen molar-refractivity contribution in [2.45, 2.75) is 25.4 Å². The zero-order chi connectivity index (χ0) is 21.7. The van der Waals surface area contributed by atoms with Crippen LogP contribution in [-0.4, -0.2) is 35.5 Å². The summed E-state index contributed by atoms with van der Waals surface area (Å²) < 4.78 is 38.9. The van der Waals surface area contributed by atoms with Crippen LogP contribution in [0.1, 0.15) is 29.8 Å². The van der Waals surface area contributed by atoms with Crippen LogP contribution >= 0.6 is 11.6 Å². The number of anilines is 1. The molecule has 1 amide bonds. The van der Waals surface area contributed by atoms with Crippen molar-refractivity contribution >= 4 is 23.3 Å². The van der Waals surface area contributed by atoms with Crippen molar-refractivity contribution in [1.82, 2.24) is 15.3 Å². The Morgan fingerprint density at radius 3 is 2.70 bits per heavy atom. The summed E-state index contributed by atoms with van der Waals surface area (Å²) in [7, 11) is 0. The summed E-state index contributed by atoms with van der Waals surface area (Å²) >= 11 is 5.75. The molecule has 6 nitrogen and oxygen atoms in total. The molecule has 2 heterocycles. The average molecular weight is 438 g/mol. The minimum Gasteiger partial charge on any atom is -0.356 e. The molecule has 1 aliphatic heterocycles. The fraction of sp³-hybridized carbons (Fsp3) is 0.400. The second kappa shape index (κ2) is 9.30. The van der Waals surface area contributed by atoms with Crippen LogP contribution in [0, 0.1) is 17.2 Å². The van der Waals surface area contributed by atoms with Gasteiger partial charge >= 0.3 is 6.18 Å². The predicted octanol–water partition coefficient (Wildman–Crippen LogP) is 3.60. The van der Waals surface area contributed by atoms with Crippen molar-refractivity contribution < 1.29 is 18.0 Å². The monoisotopic (exact) mass is 437 g/mol. The molecule has 3 rings (SSSR count). The average Bonchev–Trinajstić information content (AvgIpc) is 2.73. The lowest BCUT2D eigenvalue weighted by Crippen LogP contribution is -2.44. The number of nitrogens with one attached hydrogen (secondary N) is 1. The number of alkyl halides is 3. The number of benzene rings is 1. The Morgan fingerprint density at radius 1 is 1.30 bits per heavy atom. The topological polar surface area (TPSA) is 81.9 Å². The van der Waals surface area contributed by atoms with Gasteiger partial charge in [0.25, 0.3) is 0 Å². The maximum absolute atomic E-state index is 13.0. The molecule has 1 aromatic heterocycles. The molecule has 158 valence electrons. The minimum absolute atomic E-state index is 0.0670. The molecule has 1 fully saturated rings. The predicted molar refractivity (Wildman–Crippen MR) is 105 cm³/mol. The number of nitrogens with zero attached hydrogens (tertiary/aromatic N) is 4. The standard InChI is InChI=1S/C20H19ClF3N5O/c21-16-10-17(28-19(27-16)20(22,23)24)29-9-1-2-15(12-29)18(30)26-8-7-13-3-5-14(11-25)6-4-13/h3-6,10,15H,1-2,7-9,12H2,(H,26,30). The van der Waals surface area contributed by atoms with Crippen LogP contribution in [0.25, 0.3) is 0 Å². The zero-order valence-electron chi connectivity index (χ0n) is 15.9. The lowest BCUT2D eigenvalue weighted by molar-refractivity contribution is -0.144. The molecule has 1 N–H and O–H groups in total. The molecule has 1 aliphatic rings. The van der Waals surface area contributed by atoms with E-state index >= 15 is 0 Å². The number of hydrogen-bond acceptors (Lipinski definition) is 5. The van der Waals surface area contributed by atoms with Gasteiger partial charge in [-0.25, -0.2) is 9.97 Å². The van der Waals surface area contributed by atoms with Crippen LogP contribution in [0.4, 0.5) is 19.0 Å². The number of halogens is 4. The highest BCUT2D eigenvalue weighted by Crippen LogP contribution is 2.30. The molecule has 1 aromatic carbocycles. The van der Waals surface area contributed by atoms with Crippen molar-refractivity contribution in [2.24, 2.45) is 5.92 Å². The summed E-state index contributed by atoms with van der Waals surface area (Å²) in [5.41, 5.74) is 1.57. The number of hydrogen-bond donors (Lipinski definition) is 1. The van der Waals surface area contributed by atoms with E-state index in [1.54, 1.807) is 17.0 Å². The van der Waals surface area contributed by atoms with Gasteiger partial charge in [-0.3, -0.25) is 4.79 Å². The van der Waals surface area contributed by atoms with Crippen molar-refractivity contribution in [3.63, 3.8) is 0 Å². The normalized spacial score (nSPS) is 16.8. The van der Waals surface area contributed by atoms with Gasteiger partial charge in [-0.15, -0.1) is 0 Å². The van der Waals surface area contributed by atoms with E-state index in [1.807, 2.05) is 12.1 Å². The summed E-state index contributed by atoms with van der Waals surface area (Å²) in [6, 6.07) is 10.4. The van der Waals surface area contributed by atoms with Gasteiger partial charge in [0.2, 0.25) is 11.7 Å². The maximum Gasteiger partial charge on any atom is 0.451 e. The first-order valence-corrected chi connectivity index (χ1v) is 9.77. The zero-order valence-corrected chi connectivity index (χ0v) is 16.7. The Balaban J connectivity index is 1.58. The molecule has 0 aliphatic carbocycles. The molecular weight excluding hydrogens is 419 g/mol. The van der Waals surface area contributed by atoms with Crippen LogP contribution in [0.15, 0.2) is 30.3 Å². The van der Waals surface area contributed by atoms with Gasteiger partial charge < -0.3 is 10.2 Å². The summed E-state index contributed by atoms with van der Waals surface area (Å²) in [6.07, 6.45) is -2.79. The van der Waals surface area contributed by atoms with Gasteiger partial charge in [0.15, 0.2) is 0 Å². The Labute approximate surface area is 176 Å². The molecule has 1 saturated heterocycles. The van der Waals surface area contributed by atoms with E-state index in [-0.39, 0.29) is 29.3 Å². The molecule has 2 aromatic rings. The number of rotatable bonds is 5. The Morgan fingerprint density at radius 2 is 2.03 bits per heavy atom. The smallest absolute Gasteiger partial charge is 0.356 e. The van der Waals surface area contributed by atoms with Gasteiger partial charge in [-0.1, -0.05) is 23.7 Å². The second-order valence-electron chi connectivity index (χ2n) is 7.01. The summed E-state index contributed by atoms with van der Waals surface area (Å²) in [4.78, 5) is 21.0. The molecule has 0 saturated carbocycles. The second-order valence-corrected chi connectivity index (χ2v) is 7.39. The third-order valence-electron chi connectivity index (χ3n) is 4.85. The van der Waals surface area contributed by atoms with E-state index in [2.05, 4.69) is 21.4 Å². The van der Waals surface area contributed by atoms with Crippen molar-refractivity contribution in [3.05, 3.63) is 52.4 Å². The van der Waals surface area contributed by atoms with Crippen LogP contribution in [0.3, 0.4) is 0 Å². The number of amides is 1. The summed E-state index contributed by atoms with van der Waals surface area (Å²) in [5, 5.41) is 11.4. The Hall–Kier alpha value is -2.86. The fourth-order valence-corrected chi connectivity index (χ4v) is 3.49. The highest BCUT2D eigenvalue weighted by atomic mass is 35.5. The van der Waals surface area contributed by atoms with E-state index in [1.165, 1.54) is 6.07 Å². The molecule has 0 bridgehead atoms. The van der Waals surface area contributed by atoms with Crippen LogP contribution in [-0.2, 0) is 17.4 Å². The number of piperidine rings is 1. The van der Waals surface area contributed by atoms with Crippen molar-refractivity contribution in [3.8, 4) is 6.07 Å². The molecular formula is C20H19ClF3N5O. The molecule has 0 spiro atoms. The van der Waals surface area contributed by atoms with Gasteiger partial charge in [0.1, 0.15) is 11.0 Å². The third kappa shape index (κ3) is 5.60. The quantitative estimate of drug-likeness (QED) is 0.723. The Bertz CT molecular complexity index is 943. The number of nitriles is 1. The highest BCUT2D eigenvalue weighted by molar-refractivity contribution is 6.29. The first-order chi connectivity index (χ1) is 14.3. The first-order valence-electron chi connectivity index (χ1n) is 9.40. The van der Waals surface area contributed by atoms with Crippen LogP contribution in [0.5, 0.6) is 0 Å². The minimum atomic E-state index is -4.70. The fourth-order valence-electron chi connectivity index (χ4n) is 3.31. The van der Waals surface area contributed by atoms with Crippen molar-refractivity contribution in [2.75, 3.05) is 24.5 Å². The maximum atomic E-state index is 13.0. The van der Waals surface area contributed by atoms with E-state index in [0.29, 0.717) is 37.9 Å². The van der Waals surface area contributed by atoms with Crippen LogP contribution in [0.2, 0.25) is 5.15 Å². The first kappa shape index (κ1) is 21.8. The molecule has 1 unspecified atom stereocenters. The number of carbonyl (C=O) groups is 1. The van der Waals surface area contributed by atoms with E-state index < -0.39 is 12.0 Å². The lowest BCUT2D eigenvalue weighted by atomic mass is 9.97. The third-order valence-corrected chi connectivity index (χ3v) is 5.04. The van der Waals surface area contributed by atoms with E-state index in [4.69, 9.17) is 16.9 Å². The van der Waals surface area contributed by atoms with Gasteiger partial charge in [-0.2, -0.15) is 18.4 Å². The SMILES string of the molecule is N#Cc1ccc(CCNC(=O)C2CCCN(c3cc(Cl)nc(C(F)(F)F)n3)C2)cc1. The summed E-state index contributed by atoms with van der Waals surface area (Å²) in [6.45, 7) is 1.17. The molecule has 1 atom stereocenters.